The highest BCUT2D eigenvalue weighted by Gasteiger charge is 2.20. The van der Waals surface area contributed by atoms with Crippen LogP contribution in [0.4, 0.5) is 5.82 Å². The van der Waals surface area contributed by atoms with Gasteiger partial charge in [-0.05, 0) is 23.6 Å². The summed E-state index contributed by atoms with van der Waals surface area (Å²) in [6.45, 7) is 11.1. The highest BCUT2D eigenvalue weighted by Crippen LogP contribution is 2.31. The summed E-state index contributed by atoms with van der Waals surface area (Å²) >= 11 is 2.07. The maximum Gasteiger partial charge on any atom is 0.137 e. The number of fused-ring (bicyclic) bond motifs is 1. The molecular weight excluding hydrogens is 400 g/mol. The SMILES string of the molecule is CCN1CCN(c2nc(-c3ccc(CN4CCSCC4)cc3)cc3ccccc23)CC1. The first-order valence-electron chi connectivity index (χ1n) is 11.6. The molecule has 1 aromatic heterocycles. The van der Waals surface area contributed by atoms with Crippen molar-refractivity contribution in [1.29, 1.82) is 0 Å². The maximum absolute atomic E-state index is 5.19. The Morgan fingerprint density at radius 3 is 2.32 bits per heavy atom. The number of thioether (sulfide) groups is 1. The Labute approximate surface area is 190 Å². The molecule has 3 aromatic rings. The molecule has 0 spiro atoms. The van der Waals surface area contributed by atoms with E-state index in [0.717, 1.165) is 50.8 Å². The summed E-state index contributed by atoms with van der Waals surface area (Å²) in [6.07, 6.45) is 0. The lowest BCUT2D eigenvalue weighted by atomic mass is 10.0. The van der Waals surface area contributed by atoms with E-state index in [4.69, 9.17) is 4.98 Å². The molecule has 3 heterocycles. The molecule has 0 N–H and O–H groups in total. The van der Waals surface area contributed by atoms with Gasteiger partial charge < -0.3 is 9.80 Å². The van der Waals surface area contributed by atoms with Gasteiger partial charge in [0, 0.05) is 68.3 Å². The van der Waals surface area contributed by atoms with E-state index in [2.05, 4.69) is 88.0 Å². The van der Waals surface area contributed by atoms with Crippen molar-refractivity contribution in [2.24, 2.45) is 0 Å². The molecule has 2 aliphatic heterocycles. The molecule has 2 aromatic carbocycles. The summed E-state index contributed by atoms with van der Waals surface area (Å²) in [4.78, 5) is 12.7. The molecule has 2 saturated heterocycles. The van der Waals surface area contributed by atoms with Crippen molar-refractivity contribution >= 4 is 28.4 Å². The number of likely N-dealkylation sites (N-methyl/N-ethyl adjacent to an activating group) is 1. The lowest BCUT2D eigenvalue weighted by Crippen LogP contribution is -2.46. The molecule has 0 atom stereocenters. The van der Waals surface area contributed by atoms with Gasteiger partial charge in [0.05, 0.1) is 5.69 Å². The number of pyridine rings is 1. The standard InChI is InChI=1S/C26H32N4S/c1-2-28-11-13-30(14-12-28)26-24-6-4-3-5-23(24)19-25(27-26)22-9-7-21(8-10-22)20-29-15-17-31-18-16-29/h3-10,19H,2,11-18,20H2,1H3. The van der Waals surface area contributed by atoms with Crippen molar-refractivity contribution in [1.82, 2.24) is 14.8 Å². The highest BCUT2D eigenvalue weighted by molar-refractivity contribution is 7.99. The molecule has 0 bridgehead atoms. The van der Waals surface area contributed by atoms with Gasteiger partial charge in [-0.1, -0.05) is 55.5 Å². The van der Waals surface area contributed by atoms with Gasteiger partial charge in [-0.3, -0.25) is 4.90 Å². The Bertz CT molecular complexity index is 1010. The van der Waals surface area contributed by atoms with Crippen LogP contribution in [0.1, 0.15) is 12.5 Å². The van der Waals surface area contributed by atoms with Crippen LogP contribution >= 0.6 is 11.8 Å². The lowest BCUT2D eigenvalue weighted by Gasteiger charge is -2.35. The Kier molecular flexibility index (Phi) is 6.44. The Balaban J connectivity index is 1.42. The zero-order chi connectivity index (χ0) is 21.0. The zero-order valence-electron chi connectivity index (χ0n) is 18.5. The predicted molar refractivity (Wildman–Crippen MR) is 134 cm³/mol. The first-order valence-corrected chi connectivity index (χ1v) is 12.7. The van der Waals surface area contributed by atoms with Crippen LogP contribution in [0.15, 0.2) is 54.6 Å². The Morgan fingerprint density at radius 1 is 0.839 bits per heavy atom. The third kappa shape index (κ3) is 4.74. The molecule has 0 unspecified atom stereocenters. The zero-order valence-corrected chi connectivity index (χ0v) is 19.3. The molecule has 162 valence electrons. The van der Waals surface area contributed by atoms with Crippen LogP contribution in [-0.4, -0.2) is 72.1 Å². The minimum Gasteiger partial charge on any atom is -0.354 e. The molecular formula is C26H32N4S. The van der Waals surface area contributed by atoms with Gasteiger partial charge in [0.15, 0.2) is 0 Å². The third-order valence-corrected chi connectivity index (χ3v) is 7.54. The number of aromatic nitrogens is 1. The second-order valence-electron chi connectivity index (χ2n) is 8.56. The molecule has 2 fully saturated rings. The Morgan fingerprint density at radius 2 is 1.58 bits per heavy atom. The van der Waals surface area contributed by atoms with E-state index in [1.807, 2.05) is 0 Å². The molecule has 0 aliphatic carbocycles. The number of rotatable bonds is 5. The summed E-state index contributed by atoms with van der Waals surface area (Å²) in [7, 11) is 0. The van der Waals surface area contributed by atoms with E-state index in [1.54, 1.807) is 0 Å². The molecule has 0 amide bonds. The second kappa shape index (κ2) is 9.60. The smallest absolute Gasteiger partial charge is 0.137 e. The molecule has 5 rings (SSSR count). The minimum absolute atomic E-state index is 1.04. The van der Waals surface area contributed by atoms with Gasteiger partial charge in [0.2, 0.25) is 0 Å². The van der Waals surface area contributed by atoms with Crippen molar-refractivity contribution in [3.05, 3.63) is 60.2 Å². The first kappa shape index (κ1) is 20.8. The van der Waals surface area contributed by atoms with Crippen LogP contribution < -0.4 is 4.90 Å². The summed E-state index contributed by atoms with van der Waals surface area (Å²) < 4.78 is 0. The van der Waals surface area contributed by atoms with Crippen molar-refractivity contribution in [2.45, 2.75) is 13.5 Å². The number of nitrogens with zero attached hydrogens (tertiary/aromatic N) is 4. The number of piperazine rings is 1. The fourth-order valence-electron chi connectivity index (χ4n) is 4.64. The van der Waals surface area contributed by atoms with Crippen molar-refractivity contribution in [2.75, 3.05) is 62.2 Å². The largest absolute Gasteiger partial charge is 0.354 e. The quantitative estimate of drug-likeness (QED) is 0.586. The van der Waals surface area contributed by atoms with E-state index in [9.17, 15) is 0 Å². The summed E-state index contributed by atoms with van der Waals surface area (Å²) in [5, 5.41) is 2.53. The predicted octanol–water partition coefficient (Wildman–Crippen LogP) is 4.59. The lowest BCUT2D eigenvalue weighted by molar-refractivity contribution is 0.271. The average Bonchev–Trinajstić information content (AvgIpc) is 2.84. The molecule has 2 aliphatic rings. The van der Waals surface area contributed by atoms with Gasteiger partial charge in [-0.25, -0.2) is 4.98 Å². The topological polar surface area (TPSA) is 22.6 Å². The first-order chi connectivity index (χ1) is 15.3. The molecule has 0 saturated carbocycles. The normalized spacial score (nSPS) is 18.5. The maximum atomic E-state index is 5.19. The molecule has 4 nitrogen and oxygen atoms in total. The van der Waals surface area contributed by atoms with Crippen molar-refractivity contribution in [3.63, 3.8) is 0 Å². The summed E-state index contributed by atoms with van der Waals surface area (Å²) in [5.74, 6) is 3.65. The van der Waals surface area contributed by atoms with E-state index in [1.165, 1.54) is 46.5 Å². The number of benzene rings is 2. The average molecular weight is 433 g/mol. The summed E-state index contributed by atoms with van der Waals surface area (Å²) in [6, 6.07) is 20.0. The molecule has 31 heavy (non-hydrogen) atoms. The minimum atomic E-state index is 1.04. The van der Waals surface area contributed by atoms with Gasteiger partial charge in [-0.2, -0.15) is 11.8 Å². The Hall–Kier alpha value is -2.08. The fraction of sp³-hybridized carbons (Fsp3) is 0.423. The number of anilines is 1. The van der Waals surface area contributed by atoms with E-state index < -0.39 is 0 Å². The van der Waals surface area contributed by atoms with Crippen LogP contribution in [0.3, 0.4) is 0 Å². The summed E-state index contributed by atoms with van der Waals surface area (Å²) in [5.41, 5.74) is 3.68. The van der Waals surface area contributed by atoms with Gasteiger partial charge >= 0.3 is 0 Å². The van der Waals surface area contributed by atoms with Gasteiger partial charge in [0.25, 0.3) is 0 Å². The van der Waals surface area contributed by atoms with Crippen molar-refractivity contribution < 1.29 is 0 Å². The number of hydrogen-bond donors (Lipinski definition) is 0. The van der Waals surface area contributed by atoms with E-state index in [-0.39, 0.29) is 0 Å². The molecule has 0 radical (unpaired) electrons. The van der Waals surface area contributed by atoms with Gasteiger partial charge in [0.1, 0.15) is 5.82 Å². The van der Waals surface area contributed by atoms with Crippen LogP contribution in [0, 0.1) is 0 Å². The third-order valence-electron chi connectivity index (χ3n) is 6.60. The number of hydrogen-bond acceptors (Lipinski definition) is 5. The van der Waals surface area contributed by atoms with E-state index >= 15 is 0 Å². The van der Waals surface area contributed by atoms with Gasteiger partial charge in [-0.15, -0.1) is 0 Å². The van der Waals surface area contributed by atoms with E-state index in [0.29, 0.717) is 0 Å². The monoisotopic (exact) mass is 432 g/mol. The van der Waals surface area contributed by atoms with Crippen LogP contribution in [0.2, 0.25) is 0 Å². The van der Waals surface area contributed by atoms with Crippen LogP contribution in [-0.2, 0) is 6.54 Å². The fourth-order valence-corrected chi connectivity index (χ4v) is 5.62. The van der Waals surface area contributed by atoms with Crippen LogP contribution in [0.5, 0.6) is 0 Å². The van der Waals surface area contributed by atoms with Crippen LogP contribution in [0.25, 0.3) is 22.0 Å². The van der Waals surface area contributed by atoms with Crippen molar-refractivity contribution in [3.8, 4) is 11.3 Å². The highest BCUT2D eigenvalue weighted by atomic mass is 32.2. The molecule has 5 heteroatoms. The second-order valence-corrected chi connectivity index (χ2v) is 9.78.